The van der Waals surface area contributed by atoms with Crippen LogP contribution in [-0.2, 0) is 27.9 Å². The first kappa shape index (κ1) is 33.0. The van der Waals surface area contributed by atoms with E-state index in [1.807, 2.05) is 24.3 Å². The van der Waals surface area contributed by atoms with Gasteiger partial charge in [-0.2, -0.15) is 0 Å². The summed E-state index contributed by atoms with van der Waals surface area (Å²) in [6.45, 7) is 5.84. The van der Waals surface area contributed by atoms with Gasteiger partial charge in [0.15, 0.2) is 0 Å². The Morgan fingerprint density at radius 1 is 0.980 bits per heavy atom. The lowest BCUT2D eigenvalue weighted by atomic mass is 9.81. The summed E-state index contributed by atoms with van der Waals surface area (Å²) in [4.78, 5) is 32.8. The number of fused-ring (bicyclic) bond motifs is 7. The fourth-order valence-corrected chi connectivity index (χ4v) is 9.71. The maximum absolute atomic E-state index is 15.0. The summed E-state index contributed by atoms with van der Waals surface area (Å²) in [5.74, 6) is 0.721. The van der Waals surface area contributed by atoms with Crippen LogP contribution in [0.15, 0.2) is 66.7 Å². The molecule has 0 bridgehead atoms. The molecular weight excluding hydrogens is 649 g/mol. The predicted octanol–water partition coefficient (Wildman–Crippen LogP) is 6.27. The number of piperazine rings is 1. The summed E-state index contributed by atoms with van der Waals surface area (Å²) >= 11 is 0. The average Bonchev–Trinajstić information content (AvgIpc) is 3.78. The Bertz CT molecular complexity index is 2090. The number of carbonyl (C=O) groups excluding carboxylic acids is 2. The van der Waals surface area contributed by atoms with Crippen LogP contribution in [0, 0.1) is 5.41 Å². The van der Waals surface area contributed by atoms with Gasteiger partial charge in [-0.15, -0.1) is 0 Å². The number of sulfonamides is 1. The Morgan fingerprint density at radius 3 is 2.48 bits per heavy atom. The fraction of sp³-hybridized carbons (Fsp3) is 0.450. The van der Waals surface area contributed by atoms with Crippen molar-refractivity contribution in [3.63, 3.8) is 0 Å². The Balaban J connectivity index is 1.23. The lowest BCUT2D eigenvalue weighted by Crippen LogP contribution is -2.56. The maximum atomic E-state index is 15.0. The molecule has 9 nitrogen and oxygen atoms in total. The molecule has 1 N–H and O–H groups in total. The molecule has 2 aliphatic heterocycles. The monoisotopic (exact) mass is 694 g/mol. The van der Waals surface area contributed by atoms with E-state index in [1.54, 1.807) is 13.2 Å². The zero-order valence-corrected chi connectivity index (χ0v) is 30.0. The summed E-state index contributed by atoms with van der Waals surface area (Å²) < 4.78 is 34.2. The van der Waals surface area contributed by atoms with E-state index in [4.69, 9.17) is 4.74 Å². The molecule has 2 amide bonds. The first-order valence-corrected chi connectivity index (χ1v) is 19.9. The molecule has 1 saturated heterocycles. The minimum atomic E-state index is -3.74. The maximum Gasteiger partial charge on any atom is 0.264 e. The second-order valence-corrected chi connectivity index (χ2v) is 16.8. The van der Waals surface area contributed by atoms with Gasteiger partial charge < -0.3 is 14.2 Å². The highest BCUT2D eigenvalue weighted by molar-refractivity contribution is 7.89. The van der Waals surface area contributed by atoms with E-state index < -0.39 is 21.3 Å². The molecule has 2 unspecified atom stereocenters. The van der Waals surface area contributed by atoms with Gasteiger partial charge in [-0.1, -0.05) is 55.7 Å². The summed E-state index contributed by atoms with van der Waals surface area (Å²) in [7, 11) is -2.05. The number of aromatic nitrogens is 1. The molecule has 2 aliphatic carbocycles. The van der Waals surface area contributed by atoms with Gasteiger partial charge in [-0.3, -0.25) is 14.5 Å². The molecule has 4 aliphatic rings. The van der Waals surface area contributed by atoms with Gasteiger partial charge in [0.25, 0.3) is 5.91 Å². The highest BCUT2D eigenvalue weighted by Gasteiger charge is 2.64. The summed E-state index contributed by atoms with van der Waals surface area (Å²) in [5.41, 5.74) is 6.50. The van der Waals surface area contributed by atoms with Crippen LogP contribution in [-0.4, -0.2) is 73.6 Å². The van der Waals surface area contributed by atoms with Gasteiger partial charge in [0.2, 0.25) is 15.9 Å². The quantitative estimate of drug-likeness (QED) is 0.245. The third-order valence-electron chi connectivity index (χ3n) is 11.7. The smallest absolute Gasteiger partial charge is 0.264 e. The molecule has 3 heterocycles. The number of nitrogens with one attached hydrogen (secondary N) is 1. The van der Waals surface area contributed by atoms with Crippen LogP contribution in [0.25, 0.3) is 22.2 Å². The van der Waals surface area contributed by atoms with Crippen molar-refractivity contribution in [2.24, 2.45) is 5.41 Å². The van der Waals surface area contributed by atoms with Crippen LogP contribution in [0.5, 0.6) is 5.75 Å². The molecule has 4 aromatic rings. The average molecular weight is 695 g/mol. The van der Waals surface area contributed by atoms with Crippen molar-refractivity contribution in [1.29, 1.82) is 0 Å². The molecule has 50 heavy (non-hydrogen) atoms. The summed E-state index contributed by atoms with van der Waals surface area (Å²) in [6, 6.07) is 22.4. The topological polar surface area (TPSA) is 101 Å². The fourth-order valence-electron chi connectivity index (χ4n) is 9.26. The Labute approximate surface area is 294 Å². The van der Waals surface area contributed by atoms with E-state index in [-0.39, 0.29) is 23.4 Å². The van der Waals surface area contributed by atoms with Crippen LogP contribution >= 0.6 is 0 Å². The van der Waals surface area contributed by atoms with Crippen LogP contribution in [0.2, 0.25) is 0 Å². The first-order valence-electron chi connectivity index (χ1n) is 18.0. The SMILES string of the molecule is COc1ccc2c(c1)C1CC1(C(=O)N1CCN(Cc3ccccc3)C[C@H]1C)Cn1c-2c(C2CCCCC2)c2ccc(C(=O)NS(C)(=O)=O)cc21. The van der Waals surface area contributed by atoms with Crippen molar-refractivity contribution in [2.45, 2.75) is 76.4 Å². The van der Waals surface area contributed by atoms with Crippen LogP contribution in [0.1, 0.15) is 84.3 Å². The number of nitrogens with zero attached hydrogens (tertiary/aromatic N) is 3. The second-order valence-electron chi connectivity index (χ2n) is 15.1. The number of hydrogen-bond donors (Lipinski definition) is 1. The van der Waals surface area contributed by atoms with Gasteiger partial charge in [-0.05, 0) is 79.1 Å². The molecule has 262 valence electrons. The number of hydrogen-bond acceptors (Lipinski definition) is 6. The Morgan fingerprint density at radius 2 is 1.76 bits per heavy atom. The van der Waals surface area contributed by atoms with Crippen molar-refractivity contribution in [3.8, 4) is 17.0 Å². The number of amides is 2. The van der Waals surface area contributed by atoms with Gasteiger partial charge in [0, 0.05) is 66.7 Å². The van der Waals surface area contributed by atoms with E-state index in [9.17, 15) is 13.2 Å². The van der Waals surface area contributed by atoms with Crippen molar-refractivity contribution < 1.29 is 22.7 Å². The standard InChI is InChI=1S/C40H46N4O5S/c1-26-23-42(24-27-10-6-4-7-11-27)18-19-43(26)39(46)40-22-34(40)33-21-30(49-2)15-17-31(33)37-36(28-12-8-5-9-13-28)32-16-14-29(20-35(32)44(37)25-40)38(45)41-50(3,47)48/h4,6-7,10-11,14-17,20-21,26,28,34H,5,8-9,12-13,18-19,22-25H2,1-3H3,(H,41,45)/t26-,34?,40?/m1/s1. The van der Waals surface area contributed by atoms with Crippen molar-refractivity contribution >= 4 is 32.7 Å². The molecule has 3 aromatic carbocycles. The highest BCUT2D eigenvalue weighted by atomic mass is 32.2. The van der Waals surface area contributed by atoms with Crippen molar-refractivity contribution in [2.75, 3.05) is 33.0 Å². The number of carbonyl (C=O) groups is 2. The molecule has 3 fully saturated rings. The minimum Gasteiger partial charge on any atom is -0.497 e. The molecule has 10 heteroatoms. The van der Waals surface area contributed by atoms with E-state index >= 15 is 4.79 Å². The predicted molar refractivity (Wildman–Crippen MR) is 195 cm³/mol. The molecule has 0 radical (unpaired) electrons. The second kappa shape index (κ2) is 12.6. The molecule has 1 aromatic heterocycles. The largest absolute Gasteiger partial charge is 0.497 e. The molecule has 3 atom stereocenters. The number of benzene rings is 3. The molecule has 0 spiro atoms. The first-order chi connectivity index (χ1) is 24.1. The molecule has 2 saturated carbocycles. The van der Waals surface area contributed by atoms with Crippen LogP contribution in [0.4, 0.5) is 0 Å². The van der Waals surface area contributed by atoms with Crippen molar-refractivity contribution in [3.05, 3.63) is 89.0 Å². The van der Waals surface area contributed by atoms with E-state index in [0.29, 0.717) is 19.0 Å². The molecular formula is C40H46N4O5S. The third-order valence-corrected chi connectivity index (χ3v) is 12.3. The van der Waals surface area contributed by atoms with Gasteiger partial charge >= 0.3 is 0 Å². The van der Waals surface area contributed by atoms with Gasteiger partial charge in [0.1, 0.15) is 5.75 Å². The van der Waals surface area contributed by atoms with Crippen LogP contribution < -0.4 is 9.46 Å². The zero-order valence-electron chi connectivity index (χ0n) is 29.2. The summed E-state index contributed by atoms with van der Waals surface area (Å²) in [6.07, 6.45) is 7.47. The van der Waals surface area contributed by atoms with Crippen molar-refractivity contribution in [1.82, 2.24) is 19.1 Å². The number of ether oxygens (including phenoxy) is 1. The third kappa shape index (κ3) is 5.80. The minimum absolute atomic E-state index is 0.0421. The van der Waals surface area contributed by atoms with Crippen LogP contribution in [0.3, 0.4) is 0 Å². The van der Waals surface area contributed by atoms with Gasteiger partial charge in [-0.25, -0.2) is 13.1 Å². The van der Waals surface area contributed by atoms with E-state index in [1.165, 1.54) is 30.4 Å². The van der Waals surface area contributed by atoms with Gasteiger partial charge in [0.05, 0.1) is 24.5 Å². The van der Waals surface area contributed by atoms with E-state index in [0.717, 1.165) is 78.6 Å². The summed E-state index contributed by atoms with van der Waals surface area (Å²) in [5, 5.41) is 1.08. The number of rotatable bonds is 7. The Kier molecular flexibility index (Phi) is 8.30. The Hall–Kier alpha value is -4.15. The zero-order chi connectivity index (χ0) is 34.8. The normalized spacial score (nSPS) is 23.8. The molecule has 8 rings (SSSR count). The number of methoxy groups -OCH3 is 1. The van der Waals surface area contributed by atoms with E-state index in [2.05, 4.69) is 62.4 Å². The lowest BCUT2D eigenvalue weighted by molar-refractivity contribution is -0.142. The highest BCUT2D eigenvalue weighted by Crippen LogP contribution is 2.66. The lowest BCUT2D eigenvalue weighted by Gasteiger charge is -2.41.